The van der Waals surface area contributed by atoms with E-state index < -0.39 is 11.4 Å². The van der Waals surface area contributed by atoms with Crippen LogP contribution >= 0.6 is 0 Å². The molecule has 1 aliphatic heterocycles. The lowest BCUT2D eigenvalue weighted by Gasteiger charge is -2.36. The Morgan fingerprint density at radius 3 is 2.48 bits per heavy atom. The summed E-state index contributed by atoms with van der Waals surface area (Å²) in [6.45, 7) is 4.48. The van der Waals surface area contributed by atoms with Gasteiger partial charge in [-0.05, 0) is 55.3 Å². The molecular weight excluding hydrogens is 262 g/mol. The molecule has 2 aromatic carbocycles. The summed E-state index contributed by atoms with van der Waals surface area (Å²) in [5, 5.41) is 11.8. The van der Waals surface area contributed by atoms with Crippen molar-refractivity contribution < 1.29 is 9.90 Å². The van der Waals surface area contributed by atoms with E-state index >= 15 is 0 Å². The van der Waals surface area contributed by atoms with Crippen molar-refractivity contribution in [3.63, 3.8) is 0 Å². The van der Waals surface area contributed by atoms with Crippen LogP contribution in [0.2, 0.25) is 0 Å². The summed E-state index contributed by atoms with van der Waals surface area (Å²) in [6, 6.07) is 14.9. The number of benzene rings is 2. The van der Waals surface area contributed by atoms with E-state index in [0.29, 0.717) is 0 Å². The van der Waals surface area contributed by atoms with Crippen LogP contribution < -0.4 is 0 Å². The molecule has 0 aliphatic carbocycles. The van der Waals surface area contributed by atoms with Crippen molar-refractivity contribution in [2.24, 2.45) is 5.41 Å². The fourth-order valence-electron chi connectivity index (χ4n) is 3.01. The maximum atomic E-state index is 11.3. The number of carboxylic acids is 1. The van der Waals surface area contributed by atoms with Gasteiger partial charge in [0.15, 0.2) is 0 Å². The molecule has 1 heterocycles. The molecule has 3 rings (SSSR count). The lowest BCUT2D eigenvalue weighted by molar-refractivity contribution is -0.150. The highest BCUT2D eigenvalue weighted by Gasteiger charge is 2.36. The molecule has 0 spiro atoms. The number of hydrogen-bond donors (Lipinski definition) is 1. The van der Waals surface area contributed by atoms with Gasteiger partial charge >= 0.3 is 5.97 Å². The lowest BCUT2D eigenvalue weighted by atomic mass is 9.80. The highest BCUT2D eigenvalue weighted by atomic mass is 16.4. The number of nitrogens with zero attached hydrogens (tertiary/aromatic N) is 1. The molecular formula is C18H21NO2. The molecule has 3 nitrogen and oxygen atoms in total. The van der Waals surface area contributed by atoms with Crippen LogP contribution in [0.15, 0.2) is 42.5 Å². The van der Waals surface area contributed by atoms with Crippen LogP contribution in [0.3, 0.4) is 0 Å². The van der Waals surface area contributed by atoms with Crippen molar-refractivity contribution in [1.82, 2.24) is 4.90 Å². The van der Waals surface area contributed by atoms with E-state index in [0.717, 1.165) is 32.5 Å². The maximum absolute atomic E-state index is 11.3. The van der Waals surface area contributed by atoms with Gasteiger partial charge in [0, 0.05) is 6.54 Å². The van der Waals surface area contributed by atoms with Crippen molar-refractivity contribution in [2.45, 2.75) is 26.3 Å². The Morgan fingerprint density at radius 2 is 1.81 bits per heavy atom. The minimum Gasteiger partial charge on any atom is -0.481 e. The summed E-state index contributed by atoms with van der Waals surface area (Å²) in [5.74, 6) is -0.659. The Bertz CT molecular complexity index is 657. The van der Waals surface area contributed by atoms with Crippen LogP contribution in [0.4, 0.5) is 0 Å². The van der Waals surface area contributed by atoms with Gasteiger partial charge in [0.25, 0.3) is 0 Å². The molecule has 0 atom stereocenters. The molecule has 1 N–H and O–H groups in total. The molecule has 0 unspecified atom stereocenters. The summed E-state index contributed by atoms with van der Waals surface area (Å²) >= 11 is 0. The zero-order valence-corrected chi connectivity index (χ0v) is 12.4. The first kappa shape index (κ1) is 14.1. The smallest absolute Gasteiger partial charge is 0.309 e. The van der Waals surface area contributed by atoms with Gasteiger partial charge in [-0.2, -0.15) is 0 Å². The topological polar surface area (TPSA) is 40.5 Å². The van der Waals surface area contributed by atoms with E-state index in [-0.39, 0.29) is 0 Å². The highest BCUT2D eigenvalue weighted by molar-refractivity contribution is 5.83. The third-order valence-electron chi connectivity index (χ3n) is 4.70. The van der Waals surface area contributed by atoms with E-state index in [2.05, 4.69) is 47.4 Å². The normalized spacial score (nSPS) is 18.7. The van der Waals surface area contributed by atoms with Gasteiger partial charge in [0.05, 0.1) is 5.41 Å². The van der Waals surface area contributed by atoms with Crippen LogP contribution in [-0.2, 0) is 11.3 Å². The third-order valence-corrected chi connectivity index (χ3v) is 4.70. The second kappa shape index (κ2) is 5.49. The monoisotopic (exact) mass is 283 g/mol. The molecule has 1 aliphatic rings. The summed E-state index contributed by atoms with van der Waals surface area (Å²) in [7, 11) is 0. The third kappa shape index (κ3) is 2.93. The summed E-state index contributed by atoms with van der Waals surface area (Å²) < 4.78 is 0. The molecule has 0 aromatic heterocycles. The van der Waals surface area contributed by atoms with E-state index in [1.807, 2.05) is 6.92 Å². The Kier molecular flexibility index (Phi) is 3.68. The Balaban J connectivity index is 1.68. The average molecular weight is 283 g/mol. The number of hydrogen-bond acceptors (Lipinski definition) is 2. The number of piperidine rings is 1. The first-order chi connectivity index (χ1) is 10.1. The first-order valence-electron chi connectivity index (χ1n) is 7.50. The Labute approximate surface area is 125 Å². The van der Waals surface area contributed by atoms with Crippen LogP contribution in [0.5, 0.6) is 0 Å². The van der Waals surface area contributed by atoms with Crippen LogP contribution in [-0.4, -0.2) is 29.1 Å². The Morgan fingerprint density at radius 1 is 1.14 bits per heavy atom. The summed E-state index contributed by atoms with van der Waals surface area (Å²) in [4.78, 5) is 13.6. The number of aliphatic carboxylic acids is 1. The molecule has 110 valence electrons. The van der Waals surface area contributed by atoms with E-state index in [1.165, 1.54) is 16.3 Å². The van der Waals surface area contributed by atoms with Gasteiger partial charge in [-0.25, -0.2) is 0 Å². The summed E-state index contributed by atoms with van der Waals surface area (Å²) in [6.07, 6.45) is 1.46. The van der Waals surface area contributed by atoms with Gasteiger partial charge in [0.1, 0.15) is 0 Å². The van der Waals surface area contributed by atoms with Gasteiger partial charge in [-0.15, -0.1) is 0 Å². The molecule has 3 heteroatoms. The predicted octanol–water partition coefficient (Wildman–Crippen LogP) is 3.53. The quantitative estimate of drug-likeness (QED) is 0.937. The highest BCUT2D eigenvalue weighted by Crippen LogP contribution is 2.31. The fraction of sp³-hybridized carbons (Fsp3) is 0.389. The molecule has 0 bridgehead atoms. The average Bonchev–Trinajstić information content (AvgIpc) is 2.49. The van der Waals surface area contributed by atoms with Crippen molar-refractivity contribution in [3.05, 3.63) is 48.0 Å². The second-order valence-electron chi connectivity index (χ2n) is 6.32. The number of rotatable bonds is 3. The van der Waals surface area contributed by atoms with Gasteiger partial charge in [-0.3, -0.25) is 9.69 Å². The molecule has 2 aromatic rings. The van der Waals surface area contributed by atoms with Gasteiger partial charge in [0.2, 0.25) is 0 Å². The molecule has 1 saturated heterocycles. The van der Waals surface area contributed by atoms with Gasteiger partial charge < -0.3 is 5.11 Å². The largest absolute Gasteiger partial charge is 0.481 e. The minimum atomic E-state index is -0.659. The number of carboxylic acid groups (broad SMARTS) is 1. The van der Waals surface area contributed by atoms with E-state index in [1.54, 1.807) is 0 Å². The van der Waals surface area contributed by atoms with Crippen LogP contribution in [0.1, 0.15) is 25.3 Å². The number of carbonyl (C=O) groups is 1. The number of likely N-dealkylation sites (tertiary alicyclic amines) is 1. The minimum absolute atomic E-state index is 0.542. The van der Waals surface area contributed by atoms with Crippen molar-refractivity contribution >= 4 is 16.7 Å². The lowest BCUT2D eigenvalue weighted by Crippen LogP contribution is -2.42. The first-order valence-corrected chi connectivity index (χ1v) is 7.50. The molecule has 1 fully saturated rings. The molecule has 0 amide bonds. The maximum Gasteiger partial charge on any atom is 0.309 e. The van der Waals surface area contributed by atoms with E-state index in [9.17, 15) is 9.90 Å². The Hall–Kier alpha value is -1.87. The van der Waals surface area contributed by atoms with Gasteiger partial charge in [-0.1, -0.05) is 36.4 Å². The molecule has 0 radical (unpaired) electrons. The zero-order chi connectivity index (χ0) is 14.9. The second-order valence-corrected chi connectivity index (χ2v) is 6.32. The fourth-order valence-corrected chi connectivity index (χ4v) is 3.01. The SMILES string of the molecule is CC1(C(=O)O)CCN(Cc2ccc3ccccc3c2)CC1. The molecule has 0 saturated carbocycles. The zero-order valence-electron chi connectivity index (χ0n) is 12.4. The summed E-state index contributed by atoms with van der Waals surface area (Å²) in [5.41, 5.74) is 0.757. The molecule has 21 heavy (non-hydrogen) atoms. The van der Waals surface area contributed by atoms with Crippen LogP contribution in [0, 0.1) is 5.41 Å². The van der Waals surface area contributed by atoms with E-state index in [4.69, 9.17) is 0 Å². The van der Waals surface area contributed by atoms with Crippen LogP contribution in [0.25, 0.3) is 10.8 Å². The van der Waals surface area contributed by atoms with Crippen molar-refractivity contribution in [1.29, 1.82) is 0 Å². The number of fused-ring (bicyclic) bond motifs is 1. The predicted molar refractivity (Wildman–Crippen MR) is 84.2 cm³/mol. The van der Waals surface area contributed by atoms with Crippen molar-refractivity contribution in [2.75, 3.05) is 13.1 Å². The van der Waals surface area contributed by atoms with Crippen molar-refractivity contribution in [3.8, 4) is 0 Å². The standard InChI is InChI=1S/C18H21NO2/c1-18(17(20)21)8-10-19(11-9-18)13-14-6-7-15-4-2-3-5-16(15)12-14/h2-7,12H,8-11,13H2,1H3,(H,20,21).